The standard InChI is InChI=1S/C9H9N3O.C2H6/c1-13-7-4-2-3-6-8(7)9(10)12-5-11-6;1-2/h2-5H,1H3,(H2,10,11,12);1-2H3. The molecule has 0 aliphatic rings. The average Bonchev–Trinajstić information content (AvgIpc) is 2.31. The van der Waals surface area contributed by atoms with Crippen LogP contribution in [0.15, 0.2) is 24.5 Å². The normalized spacial score (nSPS) is 9.27. The van der Waals surface area contributed by atoms with Crippen LogP contribution in [0.5, 0.6) is 5.75 Å². The highest BCUT2D eigenvalue weighted by Gasteiger charge is 2.05. The van der Waals surface area contributed by atoms with Crippen LogP contribution in [0.25, 0.3) is 10.9 Å². The molecule has 0 saturated heterocycles. The van der Waals surface area contributed by atoms with Gasteiger partial charge in [-0.1, -0.05) is 19.9 Å². The molecule has 0 bridgehead atoms. The van der Waals surface area contributed by atoms with Crippen molar-refractivity contribution in [2.45, 2.75) is 13.8 Å². The summed E-state index contributed by atoms with van der Waals surface area (Å²) in [7, 11) is 1.60. The predicted octanol–water partition coefficient (Wildman–Crippen LogP) is 2.25. The molecular weight excluding hydrogens is 190 g/mol. The third-order valence-corrected chi connectivity index (χ3v) is 1.87. The van der Waals surface area contributed by atoms with E-state index in [-0.39, 0.29) is 0 Å². The highest BCUT2D eigenvalue weighted by Crippen LogP contribution is 2.26. The lowest BCUT2D eigenvalue weighted by Crippen LogP contribution is -1.95. The molecule has 4 nitrogen and oxygen atoms in total. The molecule has 0 saturated carbocycles. The number of ether oxygens (including phenoxy) is 1. The molecule has 1 aromatic heterocycles. The zero-order valence-electron chi connectivity index (χ0n) is 9.19. The van der Waals surface area contributed by atoms with Crippen molar-refractivity contribution in [2.75, 3.05) is 12.8 Å². The van der Waals surface area contributed by atoms with Crippen LogP contribution in [0, 0.1) is 0 Å². The maximum Gasteiger partial charge on any atom is 0.138 e. The van der Waals surface area contributed by atoms with E-state index in [2.05, 4.69) is 9.97 Å². The van der Waals surface area contributed by atoms with Crippen LogP contribution >= 0.6 is 0 Å². The Balaban J connectivity index is 0.000000531. The van der Waals surface area contributed by atoms with Crippen LogP contribution in [0.2, 0.25) is 0 Å². The zero-order chi connectivity index (χ0) is 11.3. The van der Waals surface area contributed by atoms with E-state index in [0.717, 1.165) is 10.9 Å². The van der Waals surface area contributed by atoms with Crippen molar-refractivity contribution in [2.24, 2.45) is 0 Å². The minimum Gasteiger partial charge on any atom is -0.496 e. The van der Waals surface area contributed by atoms with Gasteiger partial charge in [-0.15, -0.1) is 0 Å². The molecule has 2 rings (SSSR count). The third kappa shape index (κ3) is 2.15. The van der Waals surface area contributed by atoms with E-state index in [1.54, 1.807) is 7.11 Å². The summed E-state index contributed by atoms with van der Waals surface area (Å²) >= 11 is 0. The van der Waals surface area contributed by atoms with E-state index >= 15 is 0 Å². The van der Waals surface area contributed by atoms with Gasteiger partial charge in [0.15, 0.2) is 0 Å². The van der Waals surface area contributed by atoms with Gasteiger partial charge in [0.2, 0.25) is 0 Å². The summed E-state index contributed by atoms with van der Waals surface area (Å²) in [6.45, 7) is 4.00. The zero-order valence-corrected chi connectivity index (χ0v) is 9.19. The van der Waals surface area contributed by atoms with Crippen molar-refractivity contribution >= 4 is 16.7 Å². The molecule has 2 aromatic rings. The summed E-state index contributed by atoms with van der Waals surface area (Å²) in [5, 5.41) is 0.771. The van der Waals surface area contributed by atoms with Crippen LogP contribution in [0.3, 0.4) is 0 Å². The molecule has 1 heterocycles. The van der Waals surface area contributed by atoms with Crippen LogP contribution in [-0.2, 0) is 0 Å². The average molecular weight is 205 g/mol. The summed E-state index contributed by atoms with van der Waals surface area (Å²) in [5.74, 6) is 1.15. The predicted molar refractivity (Wildman–Crippen MR) is 61.9 cm³/mol. The molecule has 0 radical (unpaired) electrons. The van der Waals surface area contributed by atoms with Crippen molar-refractivity contribution in [3.05, 3.63) is 24.5 Å². The Labute approximate surface area is 89.1 Å². The van der Waals surface area contributed by atoms with Crippen molar-refractivity contribution < 1.29 is 4.74 Å². The first-order chi connectivity index (χ1) is 7.33. The quantitative estimate of drug-likeness (QED) is 0.775. The highest BCUT2D eigenvalue weighted by molar-refractivity contribution is 5.93. The smallest absolute Gasteiger partial charge is 0.138 e. The summed E-state index contributed by atoms with van der Waals surface area (Å²) in [6, 6.07) is 5.57. The van der Waals surface area contributed by atoms with Crippen LogP contribution in [0.4, 0.5) is 5.82 Å². The maximum absolute atomic E-state index is 5.70. The fraction of sp³-hybridized carbons (Fsp3) is 0.273. The number of benzene rings is 1. The van der Waals surface area contributed by atoms with E-state index in [4.69, 9.17) is 10.5 Å². The molecular formula is C11H15N3O. The van der Waals surface area contributed by atoms with E-state index in [0.29, 0.717) is 11.6 Å². The lowest BCUT2D eigenvalue weighted by atomic mass is 10.2. The summed E-state index contributed by atoms with van der Waals surface area (Å²) in [6.07, 6.45) is 1.44. The van der Waals surface area contributed by atoms with E-state index in [1.807, 2.05) is 32.0 Å². The van der Waals surface area contributed by atoms with Gasteiger partial charge >= 0.3 is 0 Å². The molecule has 0 spiro atoms. The first kappa shape index (κ1) is 11.2. The number of fused-ring (bicyclic) bond motifs is 1. The van der Waals surface area contributed by atoms with Gasteiger partial charge in [-0.3, -0.25) is 0 Å². The third-order valence-electron chi connectivity index (χ3n) is 1.87. The number of nitrogens with two attached hydrogens (primary N) is 1. The number of nitrogens with zero attached hydrogens (tertiary/aromatic N) is 2. The summed E-state index contributed by atoms with van der Waals surface area (Å²) < 4.78 is 5.15. The number of rotatable bonds is 1. The largest absolute Gasteiger partial charge is 0.496 e. The number of aromatic nitrogens is 2. The first-order valence-electron chi connectivity index (χ1n) is 4.86. The second-order valence-electron chi connectivity index (χ2n) is 2.61. The Morgan fingerprint density at radius 1 is 1.20 bits per heavy atom. The molecule has 80 valence electrons. The molecule has 0 fully saturated rings. The van der Waals surface area contributed by atoms with Crippen LogP contribution in [-0.4, -0.2) is 17.1 Å². The summed E-state index contributed by atoms with van der Waals surface area (Å²) in [4.78, 5) is 7.98. The van der Waals surface area contributed by atoms with Gasteiger partial charge in [-0.2, -0.15) is 0 Å². The molecule has 0 aliphatic heterocycles. The second-order valence-corrected chi connectivity index (χ2v) is 2.61. The molecule has 0 amide bonds. The minimum absolute atomic E-state index is 0.447. The monoisotopic (exact) mass is 205 g/mol. The number of anilines is 1. The van der Waals surface area contributed by atoms with Crippen LogP contribution in [0.1, 0.15) is 13.8 Å². The second kappa shape index (κ2) is 5.14. The van der Waals surface area contributed by atoms with Gasteiger partial charge in [0, 0.05) is 0 Å². The molecule has 2 N–H and O–H groups in total. The minimum atomic E-state index is 0.447. The fourth-order valence-corrected chi connectivity index (χ4v) is 1.27. The molecule has 0 unspecified atom stereocenters. The van der Waals surface area contributed by atoms with Gasteiger partial charge in [-0.05, 0) is 12.1 Å². The van der Waals surface area contributed by atoms with Gasteiger partial charge in [0.05, 0.1) is 18.0 Å². The molecule has 15 heavy (non-hydrogen) atoms. The number of hydrogen-bond acceptors (Lipinski definition) is 4. The Bertz CT molecular complexity index is 438. The van der Waals surface area contributed by atoms with Gasteiger partial charge in [0.1, 0.15) is 17.9 Å². The van der Waals surface area contributed by atoms with E-state index in [1.165, 1.54) is 6.33 Å². The lowest BCUT2D eigenvalue weighted by molar-refractivity contribution is 0.420. The molecule has 0 atom stereocenters. The fourth-order valence-electron chi connectivity index (χ4n) is 1.27. The van der Waals surface area contributed by atoms with Crippen molar-refractivity contribution in [1.82, 2.24) is 9.97 Å². The highest BCUT2D eigenvalue weighted by atomic mass is 16.5. The molecule has 4 heteroatoms. The van der Waals surface area contributed by atoms with Crippen LogP contribution < -0.4 is 10.5 Å². The SMILES string of the molecule is CC.COc1cccc2ncnc(N)c12. The van der Waals surface area contributed by atoms with E-state index < -0.39 is 0 Å². The maximum atomic E-state index is 5.70. The van der Waals surface area contributed by atoms with Crippen molar-refractivity contribution in [3.8, 4) is 5.75 Å². The van der Waals surface area contributed by atoms with Crippen molar-refractivity contribution in [3.63, 3.8) is 0 Å². The van der Waals surface area contributed by atoms with E-state index in [9.17, 15) is 0 Å². The van der Waals surface area contributed by atoms with Gasteiger partial charge < -0.3 is 10.5 Å². The van der Waals surface area contributed by atoms with Gasteiger partial charge in [-0.25, -0.2) is 9.97 Å². The molecule has 0 aliphatic carbocycles. The number of methoxy groups -OCH3 is 1. The Kier molecular flexibility index (Phi) is 3.85. The lowest BCUT2D eigenvalue weighted by Gasteiger charge is -2.05. The number of hydrogen-bond donors (Lipinski definition) is 1. The summed E-state index contributed by atoms with van der Waals surface area (Å²) in [5.41, 5.74) is 6.50. The van der Waals surface area contributed by atoms with Crippen molar-refractivity contribution in [1.29, 1.82) is 0 Å². The Hall–Kier alpha value is -1.84. The first-order valence-corrected chi connectivity index (χ1v) is 4.86. The van der Waals surface area contributed by atoms with Gasteiger partial charge in [0.25, 0.3) is 0 Å². The Morgan fingerprint density at radius 2 is 1.93 bits per heavy atom. The number of nitrogen functional groups attached to an aromatic ring is 1. The molecule has 1 aromatic carbocycles. The Morgan fingerprint density at radius 3 is 2.60 bits per heavy atom. The topological polar surface area (TPSA) is 61.0 Å².